The van der Waals surface area contributed by atoms with Crippen LogP contribution >= 0.6 is 0 Å². The number of nitrogens with zero attached hydrogens (tertiary/aromatic N) is 2. The van der Waals surface area contributed by atoms with Gasteiger partial charge >= 0.3 is 6.03 Å². The SMILES string of the molecule is Cc1ccc(NC(=O)N2CCNCC2C(=O)N(C)C)cc1. The zero-order valence-corrected chi connectivity index (χ0v) is 12.7. The molecule has 0 spiro atoms. The molecule has 1 aliphatic heterocycles. The van der Waals surface area contributed by atoms with Crippen LogP contribution in [-0.2, 0) is 4.79 Å². The maximum atomic E-state index is 12.4. The third-order valence-corrected chi connectivity index (χ3v) is 3.53. The number of piperazine rings is 1. The van der Waals surface area contributed by atoms with E-state index in [-0.39, 0.29) is 11.9 Å². The standard InChI is InChI=1S/C15H22N4O2/c1-11-4-6-12(7-5-11)17-15(21)19-9-8-16-10-13(19)14(20)18(2)3/h4-7,13,16H,8-10H2,1-3H3,(H,17,21). The van der Waals surface area contributed by atoms with Gasteiger partial charge in [0.05, 0.1) is 0 Å². The summed E-state index contributed by atoms with van der Waals surface area (Å²) in [6.45, 7) is 3.69. The molecule has 6 nitrogen and oxygen atoms in total. The lowest BCUT2D eigenvalue weighted by atomic mass is 10.1. The fourth-order valence-corrected chi connectivity index (χ4v) is 2.30. The fraction of sp³-hybridized carbons (Fsp3) is 0.467. The highest BCUT2D eigenvalue weighted by Gasteiger charge is 2.32. The van der Waals surface area contributed by atoms with E-state index in [1.807, 2.05) is 31.2 Å². The summed E-state index contributed by atoms with van der Waals surface area (Å²) in [4.78, 5) is 27.7. The molecule has 1 aromatic carbocycles. The van der Waals surface area contributed by atoms with Gasteiger partial charge in [0.15, 0.2) is 0 Å². The minimum absolute atomic E-state index is 0.0683. The van der Waals surface area contributed by atoms with Crippen LogP contribution in [0.15, 0.2) is 24.3 Å². The predicted molar refractivity (Wildman–Crippen MR) is 82.3 cm³/mol. The van der Waals surface area contributed by atoms with E-state index in [0.717, 1.165) is 11.3 Å². The van der Waals surface area contributed by atoms with Gasteiger partial charge in [-0.1, -0.05) is 17.7 Å². The second-order valence-electron chi connectivity index (χ2n) is 5.44. The van der Waals surface area contributed by atoms with Crippen LogP contribution in [0.3, 0.4) is 0 Å². The molecule has 0 aliphatic carbocycles. The molecule has 21 heavy (non-hydrogen) atoms. The van der Waals surface area contributed by atoms with E-state index in [1.54, 1.807) is 19.0 Å². The minimum Gasteiger partial charge on any atom is -0.347 e. The number of hydrogen-bond donors (Lipinski definition) is 2. The van der Waals surface area contributed by atoms with Gasteiger partial charge < -0.3 is 20.4 Å². The molecule has 1 aliphatic rings. The van der Waals surface area contributed by atoms with Crippen LogP contribution < -0.4 is 10.6 Å². The maximum Gasteiger partial charge on any atom is 0.322 e. The van der Waals surface area contributed by atoms with Gasteiger partial charge in [-0.25, -0.2) is 4.79 Å². The lowest BCUT2D eigenvalue weighted by molar-refractivity contribution is -0.133. The molecule has 0 aromatic heterocycles. The number of rotatable bonds is 2. The molecule has 0 saturated carbocycles. The second kappa shape index (κ2) is 6.58. The first kappa shape index (κ1) is 15.3. The average Bonchev–Trinajstić information content (AvgIpc) is 2.48. The van der Waals surface area contributed by atoms with Crippen molar-refractivity contribution in [2.75, 3.05) is 39.0 Å². The van der Waals surface area contributed by atoms with E-state index in [1.165, 1.54) is 4.90 Å². The Morgan fingerprint density at radius 3 is 2.57 bits per heavy atom. The Kier molecular flexibility index (Phi) is 4.80. The van der Waals surface area contributed by atoms with Crippen molar-refractivity contribution in [1.82, 2.24) is 15.1 Å². The van der Waals surface area contributed by atoms with E-state index in [0.29, 0.717) is 19.6 Å². The zero-order valence-electron chi connectivity index (χ0n) is 12.7. The van der Waals surface area contributed by atoms with Gasteiger partial charge in [-0.2, -0.15) is 0 Å². The average molecular weight is 290 g/mol. The first-order valence-electron chi connectivity index (χ1n) is 7.05. The number of likely N-dealkylation sites (N-methyl/N-ethyl adjacent to an activating group) is 1. The Labute approximate surface area is 125 Å². The topological polar surface area (TPSA) is 64.7 Å². The molecular formula is C15H22N4O2. The number of amides is 3. The zero-order chi connectivity index (χ0) is 15.4. The Bertz CT molecular complexity index is 513. The van der Waals surface area contributed by atoms with Gasteiger partial charge in [0.25, 0.3) is 0 Å². The third-order valence-electron chi connectivity index (χ3n) is 3.53. The van der Waals surface area contributed by atoms with Crippen LogP contribution in [0.2, 0.25) is 0 Å². The molecule has 1 atom stereocenters. The number of carbonyl (C=O) groups is 2. The Morgan fingerprint density at radius 1 is 1.29 bits per heavy atom. The number of hydrogen-bond acceptors (Lipinski definition) is 3. The van der Waals surface area contributed by atoms with E-state index in [9.17, 15) is 9.59 Å². The summed E-state index contributed by atoms with van der Waals surface area (Å²) in [6.07, 6.45) is 0. The van der Waals surface area contributed by atoms with Crippen molar-refractivity contribution in [3.05, 3.63) is 29.8 Å². The molecule has 1 heterocycles. The van der Waals surface area contributed by atoms with Gasteiger partial charge in [-0.15, -0.1) is 0 Å². The van der Waals surface area contributed by atoms with Gasteiger partial charge in [0.2, 0.25) is 5.91 Å². The first-order valence-corrected chi connectivity index (χ1v) is 7.05. The lowest BCUT2D eigenvalue weighted by Gasteiger charge is -2.36. The van der Waals surface area contributed by atoms with Gasteiger partial charge in [0, 0.05) is 39.4 Å². The van der Waals surface area contributed by atoms with Crippen LogP contribution in [0, 0.1) is 6.92 Å². The highest BCUT2D eigenvalue weighted by atomic mass is 16.2. The summed E-state index contributed by atoms with van der Waals surface area (Å²) < 4.78 is 0. The molecule has 1 unspecified atom stereocenters. The molecular weight excluding hydrogens is 268 g/mol. The van der Waals surface area contributed by atoms with E-state index >= 15 is 0 Å². The van der Waals surface area contributed by atoms with Crippen molar-refractivity contribution >= 4 is 17.6 Å². The maximum absolute atomic E-state index is 12.4. The number of aryl methyl sites for hydroxylation is 1. The van der Waals surface area contributed by atoms with Crippen LogP contribution in [0.1, 0.15) is 5.56 Å². The van der Waals surface area contributed by atoms with Crippen molar-refractivity contribution in [2.24, 2.45) is 0 Å². The summed E-state index contributed by atoms with van der Waals surface area (Å²) >= 11 is 0. The molecule has 3 amide bonds. The van der Waals surface area contributed by atoms with Gasteiger partial charge in [-0.3, -0.25) is 4.79 Å². The number of benzene rings is 1. The van der Waals surface area contributed by atoms with Crippen LogP contribution in [0.5, 0.6) is 0 Å². The largest absolute Gasteiger partial charge is 0.347 e. The Morgan fingerprint density at radius 2 is 1.95 bits per heavy atom. The van der Waals surface area contributed by atoms with E-state index in [4.69, 9.17) is 0 Å². The first-order chi connectivity index (χ1) is 9.99. The second-order valence-corrected chi connectivity index (χ2v) is 5.44. The summed E-state index contributed by atoms with van der Waals surface area (Å²) in [6, 6.07) is 6.90. The smallest absolute Gasteiger partial charge is 0.322 e. The Balaban J connectivity index is 2.08. The summed E-state index contributed by atoms with van der Waals surface area (Å²) in [5, 5.41) is 6.01. The third kappa shape index (κ3) is 3.72. The molecule has 2 N–H and O–H groups in total. The normalized spacial score (nSPS) is 18.2. The van der Waals surface area contributed by atoms with Gasteiger partial charge in [-0.05, 0) is 19.1 Å². The highest BCUT2D eigenvalue weighted by molar-refractivity contribution is 5.94. The Hall–Kier alpha value is -2.08. The van der Waals surface area contributed by atoms with Crippen molar-refractivity contribution < 1.29 is 9.59 Å². The quantitative estimate of drug-likeness (QED) is 0.850. The summed E-state index contributed by atoms with van der Waals surface area (Å²) in [7, 11) is 3.40. The van der Waals surface area contributed by atoms with Crippen molar-refractivity contribution in [1.29, 1.82) is 0 Å². The van der Waals surface area contributed by atoms with Crippen LogP contribution in [0.25, 0.3) is 0 Å². The predicted octanol–water partition coefficient (Wildman–Crippen LogP) is 0.889. The summed E-state index contributed by atoms with van der Waals surface area (Å²) in [5.41, 5.74) is 1.87. The molecule has 2 rings (SSSR count). The number of urea groups is 1. The van der Waals surface area contributed by atoms with Crippen molar-refractivity contribution in [3.63, 3.8) is 0 Å². The highest BCUT2D eigenvalue weighted by Crippen LogP contribution is 2.12. The molecule has 0 radical (unpaired) electrons. The fourth-order valence-electron chi connectivity index (χ4n) is 2.30. The molecule has 1 aromatic rings. The van der Waals surface area contributed by atoms with Gasteiger partial charge in [0.1, 0.15) is 6.04 Å². The van der Waals surface area contributed by atoms with Crippen molar-refractivity contribution in [2.45, 2.75) is 13.0 Å². The molecule has 6 heteroatoms. The van der Waals surface area contributed by atoms with E-state index < -0.39 is 6.04 Å². The van der Waals surface area contributed by atoms with Crippen LogP contribution in [-0.4, -0.2) is 61.5 Å². The molecule has 114 valence electrons. The number of carbonyl (C=O) groups excluding carboxylic acids is 2. The number of nitrogens with one attached hydrogen (secondary N) is 2. The molecule has 1 fully saturated rings. The van der Waals surface area contributed by atoms with Crippen molar-refractivity contribution in [3.8, 4) is 0 Å². The number of anilines is 1. The van der Waals surface area contributed by atoms with E-state index in [2.05, 4.69) is 10.6 Å². The lowest BCUT2D eigenvalue weighted by Crippen LogP contribution is -2.60. The molecule has 1 saturated heterocycles. The summed E-state index contributed by atoms with van der Waals surface area (Å²) in [5.74, 6) is -0.0683. The minimum atomic E-state index is -0.459. The monoisotopic (exact) mass is 290 g/mol. The molecule has 0 bridgehead atoms. The van der Waals surface area contributed by atoms with Crippen LogP contribution in [0.4, 0.5) is 10.5 Å².